The Bertz CT molecular complexity index is 211. The summed E-state index contributed by atoms with van der Waals surface area (Å²) in [4.78, 5) is 2.76. The summed E-state index contributed by atoms with van der Waals surface area (Å²) in [5, 5.41) is 3.67. The van der Waals surface area contributed by atoms with Crippen LogP contribution in [0.4, 0.5) is 0 Å². The van der Waals surface area contributed by atoms with Gasteiger partial charge in [-0.2, -0.15) is 0 Å². The number of hydrogen-bond acceptors (Lipinski definition) is 2. The quantitative estimate of drug-likeness (QED) is 0.574. The molecule has 19 heavy (non-hydrogen) atoms. The van der Waals surface area contributed by atoms with E-state index in [9.17, 15) is 0 Å². The highest BCUT2D eigenvalue weighted by Gasteiger charge is 2.28. The summed E-state index contributed by atoms with van der Waals surface area (Å²) in [5.74, 6) is 0.843. The lowest BCUT2D eigenvalue weighted by Crippen LogP contribution is -2.32. The van der Waals surface area contributed by atoms with Gasteiger partial charge in [-0.1, -0.05) is 27.7 Å². The topological polar surface area (TPSA) is 15.3 Å². The molecular formula is C17H36N2. The lowest BCUT2D eigenvalue weighted by Gasteiger charge is -2.24. The maximum atomic E-state index is 3.67. The third-order valence-electron chi connectivity index (χ3n) is 4.23. The van der Waals surface area contributed by atoms with Crippen molar-refractivity contribution < 1.29 is 0 Å². The molecule has 0 saturated heterocycles. The van der Waals surface area contributed by atoms with Crippen LogP contribution in [0.2, 0.25) is 0 Å². The van der Waals surface area contributed by atoms with Crippen LogP contribution in [0.5, 0.6) is 0 Å². The van der Waals surface area contributed by atoms with Crippen molar-refractivity contribution in [2.75, 3.05) is 19.6 Å². The van der Waals surface area contributed by atoms with Gasteiger partial charge in [0, 0.05) is 12.1 Å². The first-order valence-electron chi connectivity index (χ1n) is 8.64. The lowest BCUT2D eigenvalue weighted by atomic mass is 10.1. The molecule has 0 heterocycles. The van der Waals surface area contributed by atoms with Crippen molar-refractivity contribution in [3.8, 4) is 0 Å². The number of rotatable bonds is 12. The van der Waals surface area contributed by atoms with Crippen molar-refractivity contribution in [1.29, 1.82) is 0 Å². The van der Waals surface area contributed by atoms with Crippen LogP contribution in [0.25, 0.3) is 0 Å². The molecule has 1 rings (SSSR count). The Morgan fingerprint density at radius 1 is 1.11 bits per heavy atom. The molecule has 0 aromatic carbocycles. The lowest BCUT2D eigenvalue weighted by molar-refractivity contribution is 0.238. The van der Waals surface area contributed by atoms with E-state index in [0.717, 1.165) is 18.0 Å². The van der Waals surface area contributed by atoms with Gasteiger partial charge < -0.3 is 10.2 Å². The predicted octanol–water partition coefficient (Wildman–Crippen LogP) is 4.06. The molecule has 114 valence electrons. The van der Waals surface area contributed by atoms with Gasteiger partial charge in [0.25, 0.3) is 0 Å². The van der Waals surface area contributed by atoms with Crippen LogP contribution in [-0.2, 0) is 0 Å². The molecule has 1 aliphatic carbocycles. The van der Waals surface area contributed by atoms with Gasteiger partial charge >= 0.3 is 0 Å². The van der Waals surface area contributed by atoms with E-state index in [1.165, 1.54) is 64.6 Å². The zero-order chi connectivity index (χ0) is 14.1. The van der Waals surface area contributed by atoms with Gasteiger partial charge in [-0.15, -0.1) is 0 Å². The van der Waals surface area contributed by atoms with E-state index in [1.54, 1.807) is 0 Å². The summed E-state index contributed by atoms with van der Waals surface area (Å²) in [5.41, 5.74) is 0. The van der Waals surface area contributed by atoms with Crippen molar-refractivity contribution in [3.63, 3.8) is 0 Å². The molecule has 0 aromatic heterocycles. The van der Waals surface area contributed by atoms with Crippen LogP contribution in [0.15, 0.2) is 0 Å². The third-order valence-corrected chi connectivity index (χ3v) is 4.23. The van der Waals surface area contributed by atoms with Gasteiger partial charge in [0.2, 0.25) is 0 Å². The van der Waals surface area contributed by atoms with E-state index < -0.39 is 0 Å². The van der Waals surface area contributed by atoms with E-state index in [1.807, 2.05) is 0 Å². The van der Waals surface area contributed by atoms with Crippen LogP contribution in [0.1, 0.15) is 72.6 Å². The number of hydrogen-bond donors (Lipinski definition) is 1. The molecule has 0 aromatic rings. The van der Waals surface area contributed by atoms with Gasteiger partial charge in [0.15, 0.2) is 0 Å². The Hall–Kier alpha value is -0.0800. The van der Waals surface area contributed by atoms with Crippen molar-refractivity contribution in [1.82, 2.24) is 10.2 Å². The monoisotopic (exact) mass is 268 g/mol. The van der Waals surface area contributed by atoms with Crippen LogP contribution in [-0.4, -0.2) is 36.6 Å². The fourth-order valence-corrected chi connectivity index (χ4v) is 2.68. The molecule has 0 radical (unpaired) electrons. The minimum absolute atomic E-state index is 0.742. The van der Waals surface area contributed by atoms with Crippen LogP contribution in [0, 0.1) is 5.92 Å². The second kappa shape index (κ2) is 9.77. The van der Waals surface area contributed by atoms with Crippen LogP contribution in [0.3, 0.4) is 0 Å². The van der Waals surface area contributed by atoms with Gasteiger partial charge in [-0.25, -0.2) is 0 Å². The third kappa shape index (κ3) is 7.94. The average molecular weight is 268 g/mol. The van der Waals surface area contributed by atoms with Crippen molar-refractivity contribution >= 4 is 0 Å². The molecule has 2 heteroatoms. The molecule has 2 nitrogen and oxygen atoms in total. The van der Waals surface area contributed by atoms with Gasteiger partial charge in [0.05, 0.1) is 0 Å². The Labute approximate surface area is 121 Å². The second-order valence-corrected chi connectivity index (χ2v) is 6.65. The largest absolute Gasteiger partial charge is 0.314 e. The van der Waals surface area contributed by atoms with E-state index in [0.29, 0.717) is 0 Å². The standard InChI is InChI=1S/C17H36N2/c1-5-12-18-16(6-2)8-7-13-19(17-9-10-17)14-11-15(3)4/h15-18H,5-14H2,1-4H3. The smallest absolute Gasteiger partial charge is 0.00964 e. The second-order valence-electron chi connectivity index (χ2n) is 6.65. The van der Waals surface area contributed by atoms with Crippen molar-refractivity contribution in [2.45, 2.75) is 84.7 Å². The molecular weight excluding hydrogens is 232 g/mol. The Kier molecular flexibility index (Phi) is 8.72. The Morgan fingerprint density at radius 3 is 2.37 bits per heavy atom. The minimum atomic E-state index is 0.742. The van der Waals surface area contributed by atoms with Crippen molar-refractivity contribution in [2.24, 2.45) is 5.92 Å². The first kappa shape index (κ1) is 17.0. The highest BCUT2D eigenvalue weighted by atomic mass is 15.2. The summed E-state index contributed by atoms with van der Waals surface area (Å²) in [7, 11) is 0. The molecule has 1 fully saturated rings. The van der Waals surface area contributed by atoms with E-state index in [2.05, 4.69) is 37.9 Å². The Morgan fingerprint density at radius 2 is 1.84 bits per heavy atom. The summed E-state index contributed by atoms with van der Waals surface area (Å²) in [6.45, 7) is 13.1. The van der Waals surface area contributed by atoms with Crippen molar-refractivity contribution in [3.05, 3.63) is 0 Å². The first-order valence-corrected chi connectivity index (χ1v) is 8.64. The van der Waals surface area contributed by atoms with E-state index >= 15 is 0 Å². The molecule has 0 aliphatic heterocycles. The normalized spacial score (nSPS) is 17.4. The van der Waals surface area contributed by atoms with Gasteiger partial charge in [-0.05, 0) is 70.5 Å². The van der Waals surface area contributed by atoms with E-state index in [4.69, 9.17) is 0 Å². The maximum Gasteiger partial charge on any atom is 0.00964 e. The predicted molar refractivity (Wildman–Crippen MR) is 85.7 cm³/mol. The van der Waals surface area contributed by atoms with Gasteiger partial charge in [0.1, 0.15) is 0 Å². The summed E-state index contributed by atoms with van der Waals surface area (Å²) >= 11 is 0. The van der Waals surface area contributed by atoms with E-state index in [-0.39, 0.29) is 0 Å². The highest BCUT2D eigenvalue weighted by Crippen LogP contribution is 2.27. The van der Waals surface area contributed by atoms with Gasteiger partial charge in [-0.3, -0.25) is 0 Å². The fraction of sp³-hybridized carbons (Fsp3) is 1.00. The molecule has 1 unspecified atom stereocenters. The fourth-order valence-electron chi connectivity index (χ4n) is 2.68. The molecule has 1 saturated carbocycles. The Balaban J connectivity index is 2.16. The minimum Gasteiger partial charge on any atom is -0.314 e. The number of nitrogens with zero attached hydrogens (tertiary/aromatic N) is 1. The molecule has 0 bridgehead atoms. The molecule has 1 aliphatic rings. The summed E-state index contributed by atoms with van der Waals surface area (Å²) in [6.07, 6.45) is 9.49. The average Bonchev–Trinajstić information content (AvgIpc) is 3.21. The number of nitrogens with one attached hydrogen (secondary N) is 1. The maximum absolute atomic E-state index is 3.67. The molecule has 1 N–H and O–H groups in total. The zero-order valence-electron chi connectivity index (χ0n) is 13.8. The molecule has 0 spiro atoms. The summed E-state index contributed by atoms with van der Waals surface area (Å²) in [6, 6.07) is 1.67. The SMILES string of the molecule is CCCNC(CC)CCCN(CCC(C)C)C1CC1. The van der Waals surface area contributed by atoms with Crippen LogP contribution < -0.4 is 5.32 Å². The molecule has 0 amide bonds. The summed E-state index contributed by atoms with van der Waals surface area (Å²) < 4.78 is 0. The molecule has 1 atom stereocenters. The first-order chi connectivity index (χ1) is 9.17. The zero-order valence-corrected chi connectivity index (χ0v) is 13.8. The highest BCUT2D eigenvalue weighted by molar-refractivity contribution is 4.84. The van der Waals surface area contributed by atoms with Crippen LogP contribution >= 0.6 is 0 Å².